The molecule has 1 atom stereocenters. The van der Waals surface area contributed by atoms with Crippen LogP contribution in [-0.2, 0) is 13.5 Å². The predicted octanol–water partition coefficient (Wildman–Crippen LogP) is 1.56. The monoisotopic (exact) mass is 265 g/mol. The van der Waals surface area contributed by atoms with Crippen LogP contribution in [0.1, 0.15) is 32.8 Å². The Morgan fingerprint density at radius 2 is 2.16 bits per heavy atom. The van der Waals surface area contributed by atoms with Crippen molar-refractivity contribution in [3.63, 3.8) is 0 Å². The Kier molecular flexibility index (Phi) is 6.39. The zero-order chi connectivity index (χ0) is 14.3. The molecule has 0 aliphatic rings. The Labute approximate surface area is 116 Å². The summed E-state index contributed by atoms with van der Waals surface area (Å²) in [4.78, 5) is 4.24. The lowest BCUT2D eigenvalue weighted by molar-refractivity contribution is 0.480. The number of guanidine groups is 1. The molecule has 0 fully saturated rings. The van der Waals surface area contributed by atoms with Crippen LogP contribution < -0.4 is 10.6 Å². The number of nitrogens with zero attached hydrogens (tertiary/aromatic N) is 3. The van der Waals surface area contributed by atoms with Gasteiger partial charge in [-0.1, -0.05) is 13.8 Å². The molecule has 108 valence electrons. The van der Waals surface area contributed by atoms with E-state index in [-0.39, 0.29) is 0 Å². The van der Waals surface area contributed by atoms with Crippen LogP contribution in [-0.4, -0.2) is 35.4 Å². The molecule has 0 bridgehead atoms. The van der Waals surface area contributed by atoms with Gasteiger partial charge in [0.1, 0.15) is 0 Å². The predicted molar refractivity (Wildman–Crippen MR) is 80.3 cm³/mol. The van der Waals surface area contributed by atoms with Gasteiger partial charge in [0.05, 0.1) is 6.20 Å². The van der Waals surface area contributed by atoms with Crippen LogP contribution in [0.25, 0.3) is 0 Å². The Morgan fingerprint density at radius 3 is 2.68 bits per heavy atom. The standard InChI is InChI=1S/C14H27N5/c1-11(2)12(3)18-14(15-4)16-8-6-7-13-9-17-19(5)10-13/h9-12H,6-8H2,1-5H3,(H2,15,16,18). The number of rotatable bonds is 6. The minimum atomic E-state index is 0.421. The molecule has 0 aliphatic carbocycles. The van der Waals surface area contributed by atoms with Crippen molar-refractivity contribution in [1.82, 2.24) is 20.4 Å². The third-order valence-corrected chi connectivity index (χ3v) is 3.28. The number of aromatic nitrogens is 2. The van der Waals surface area contributed by atoms with Crippen molar-refractivity contribution in [3.05, 3.63) is 18.0 Å². The van der Waals surface area contributed by atoms with E-state index >= 15 is 0 Å². The van der Waals surface area contributed by atoms with E-state index in [1.54, 1.807) is 0 Å². The summed E-state index contributed by atoms with van der Waals surface area (Å²) >= 11 is 0. The van der Waals surface area contributed by atoms with E-state index in [9.17, 15) is 0 Å². The van der Waals surface area contributed by atoms with Crippen LogP contribution in [0.15, 0.2) is 17.4 Å². The van der Waals surface area contributed by atoms with E-state index in [0.29, 0.717) is 12.0 Å². The third-order valence-electron chi connectivity index (χ3n) is 3.28. The highest BCUT2D eigenvalue weighted by Gasteiger charge is 2.08. The third kappa shape index (κ3) is 5.77. The molecule has 0 aromatic carbocycles. The highest BCUT2D eigenvalue weighted by Crippen LogP contribution is 2.01. The Morgan fingerprint density at radius 1 is 1.42 bits per heavy atom. The molecule has 0 spiro atoms. The zero-order valence-corrected chi connectivity index (χ0v) is 12.8. The molecule has 0 radical (unpaired) electrons. The van der Waals surface area contributed by atoms with Crippen molar-refractivity contribution in [2.75, 3.05) is 13.6 Å². The second kappa shape index (κ2) is 7.81. The summed E-state index contributed by atoms with van der Waals surface area (Å²) in [5.41, 5.74) is 1.28. The fourth-order valence-electron chi connectivity index (χ4n) is 1.68. The molecule has 1 heterocycles. The topological polar surface area (TPSA) is 54.2 Å². The van der Waals surface area contributed by atoms with Crippen molar-refractivity contribution in [2.24, 2.45) is 18.0 Å². The molecule has 0 saturated heterocycles. The Bertz CT molecular complexity index is 394. The van der Waals surface area contributed by atoms with Crippen molar-refractivity contribution in [2.45, 2.75) is 39.7 Å². The van der Waals surface area contributed by atoms with Gasteiger partial charge in [-0.2, -0.15) is 5.10 Å². The Balaban J connectivity index is 2.23. The van der Waals surface area contributed by atoms with Crippen LogP contribution >= 0.6 is 0 Å². The van der Waals surface area contributed by atoms with Gasteiger partial charge in [0.2, 0.25) is 0 Å². The highest BCUT2D eigenvalue weighted by molar-refractivity contribution is 5.79. The van der Waals surface area contributed by atoms with Crippen molar-refractivity contribution >= 4 is 5.96 Å². The maximum absolute atomic E-state index is 4.24. The van der Waals surface area contributed by atoms with Gasteiger partial charge in [-0.15, -0.1) is 0 Å². The summed E-state index contributed by atoms with van der Waals surface area (Å²) in [6.45, 7) is 7.49. The van der Waals surface area contributed by atoms with E-state index in [2.05, 4.69) is 47.7 Å². The largest absolute Gasteiger partial charge is 0.356 e. The molecule has 1 unspecified atom stereocenters. The van der Waals surface area contributed by atoms with E-state index in [1.807, 2.05) is 25.0 Å². The normalized spacial score (nSPS) is 13.7. The molecule has 5 nitrogen and oxygen atoms in total. The number of aliphatic imine (C=N–C) groups is 1. The second-order valence-electron chi connectivity index (χ2n) is 5.30. The van der Waals surface area contributed by atoms with Gasteiger partial charge in [0, 0.05) is 32.9 Å². The van der Waals surface area contributed by atoms with Gasteiger partial charge in [-0.05, 0) is 31.2 Å². The van der Waals surface area contributed by atoms with E-state index in [1.165, 1.54) is 5.56 Å². The maximum atomic E-state index is 4.24. The van der Waals surface area contributed by atoms with Gasteiger partial charge in [0.15, 0.2) is 5.96 Å². The van der Waals surface area contributed by atoms with Gasteiger partial charge in [0.25, 0.3) is 0 Å². The van der Waals surface area contributed by atoms with Crippen LogP contribution in [0.3, 0.4) is 0 Å². The fourth-order valence-corrected chi connectivity index (χ4v) is 1.68. The minimum absolute atomic E-state index is 0.421. The quantitative estimate of drug-likeness (QED) is 0.466. The van der Waals surface area contributed by atoms with Gasteiger partial charge in [-0.3, -0.25) is 9.67 Å². The lowest BCUT2D eigenvalue weighted by atomic mass is 10.1. The van der Waals surface area contributed by atoms with Gasteiger partial charge >= 0.3 is 0 Å². The molecule has 19 heavy (non-hydrogen) atoms. The molecule has 0 amide bonds. The number of hydrogen-bond acceptors (Lipinski definition) is 2. The average molecular weight is 265 g/mol. The molecule has 1 aromatic heterocycles. The van der Waals surface area contributed by atoms with Crippen molar-refractivity contribution in [1.29, 1.82) is 0 Å². The zero-order valence-electron chi connectivity index (χ0n) is 12.8. The molecule has 1 aromatic rings. The minimum Gasteiger partial charge on any atom is -0.356 e. The van der Waals surface area contributed by atoms with Crippen LogP contribution in [0.5, 0.6) is 0 Å². The van der Waals surface area contributed by atoms with Gasteiger partial charge < -0.3 is 10.6 Å². The highest BCUT2D eigenvalue weighted by atomic mass is 15.2. The van der Waals surface area contributed by atoms with E-state index in [4.69, 9.17) is 0 Å². The number of hydrogen-bond donors (Lipinski definition) is 2. The number of aryl methyl sites for hydroxylation is 2. The first-order valence-corrected chi connectivity index (χ1v) is 6.97. The van der Waals surface area contributed by atoms with Gasteiger partial charge in [-0.25, -0.2) is 0 Å². The SMILES string of the molecule is CN=C(NCCCc1cnn(C)c1)NC(C)C(C)C. The average Bonchev–Trinajstić information content (AvgIpc) is 2.78. The van der Waals surface area contributed by atoms with Crippen molar-refractivity contribution < 1.29 is 0 Å². The molecular weight excluding hydrogens is 238 g/mol. The molecule has 2 N–H and O–H groups in total. The molecule has 0 saturated carbocycles. The smallest absolute Gasteiger partial charge is 0.191 e. The molecule has 1 rings (SSSR count). The lowest BCUT2D eigenvalue weighted by Crippen LogP contribution is -2.44. The summed E-state index contributed by atoms with van der Waals surface area (Å²) in [6.07, 6.45) is 6.10. The summed E-state index contributed by atoms with van der Waals surface area (Å²) in [5.74, 6) is 1.47. The van der Waals surface area contributed by atoms with Crippen LogP contribution in [0.4, 0.5) is 0 Å². The maximum Gasteiger partial charge on any atom is 0.191 e. The summed E-state index contributed by atoms with van der Waals surface area (Å²) < 4.78 is 1.84. The number of nitrogens with one attached hydrogen (secondary N) is 2. The summed E-state index contributed by atoms with van der Waals surface area (Å²) in [5, 5.41) is 10.9. The first kappa shape index (κ1) is 15.5. The summed E-state index contributed by atoms with van der Waals surface area (Å²) in [7, 11) is 3.75. The second-order valence-corrected chi connectivity index (χ2v) is 5.30. The van der Waals surface area contributed by atoms with E-state index < -0.39 is 0 Å². The lowest BCUT2D eigenvalue weighted by Gasteiger charge is -2.20. The van der Waals surface area contributed by atoms with Crippen LogP contribution in [0.2, 0.25) is 0 Å². The molecule has 0 aliphatic heterocycles. The first-order valence-electron chi connectivity index (χ1n) is 6.97. The van der Waals surface area contributed by atoms with Crippen LogP contribution in [0, 0.1) is 5.92 Å². The fraction of sp³-hybridized carbons (Fsp3) is 0.714. The molecular formula is C14H27N5. The first-order chi connectivity index (χ1) is 9.02. The summed E-state index contributed by atoms with van der Waals surface area (Å²) in [6, 6.07) is 0.421. The van der Waals surface area contributed by atoms with Crippen molar-refractivity contribution in [3.8, 4) is 0 Å². The molecule has 5 heteroatoms. The Hall–Kier alpha value is -1.52. The van der Waals surface area contributed by atoms with E-state index in [0.717, 1.165) is 25.3 Å².